The summed E-state index contributed by atoms with van der Waals surface area (Å²) in [5, 5.41) is 7.32. The molecule has 4 N–H and O–H groups in total. The number of aromatic nitrogens is 1. The molecular formula is C19H28ClN5O5. The van der Waals surface area contributed by atoms with E-state index in [1.54, 1.807) is 6.92 Å². The van der Waals surface area contributed by atoms with Crippen LogP contribution in [0.3, 0.4) is 0 Å². The Labute approximate surface area is 179 Å². The van der Waals surface area contributed by atoms with E-state index in [4.69, 9.17) is 21.9 Å². The Hall–Kier alpha value is -2.62. The van der Waals surface area contributed by atoms with Crippen molar-refractivity contribution in [2.24, 2.45) is 11.7 Å². The summed E-state index contributed by atoms with van der Waals surface area (Å²) >= 11 is 5.60. The van der Waals surface area contributed by atoms with E-state index >= 15 is 0 Å². The molecule has 0 bridgehead atoms. The molecule has 1 fully saturated rings. The number of hydrazine groups is 1. The van der Waals surface area contributed by atoms with Crippen LogP contribution in [0.5, 0.6) is 0 Å². The molecule has 1 saturated carbocycles. The molecule has 0 aliphatic heterocycles. The van der Waals surface area contributed by atoms with Crippen molar-refractivity contribution >= 4 is 35.2 Å². The van der Waals surface area contributed by atoms with E-state index in [2.05, 4.69) is 15.9 Å². The second kappa shape index (κ2) is 11.5. The Morgan fingerprint density at radius 3 is 2.57 bits per heavy atom. The van der Waals surface area contributed by atoms with Crippen molar-refractivity contribution in [3.63, 3.8) is 0 Å². The lowest BCUT2D eigenvalue weighted by molar-refractivity contribution is -0.141. The van der Waals surface area contributed by atoms with Crippen molar-refractivity contribution in [2.75, 3.05) is 12.4 Å². The molecule has 1 aliphatic carbocycles. The van der Waals surface area contributed by atoms with Gasteiger partial charge in [-0.1, -0.05) is 37.3 Å². The molecule has 4 amide bonds. The number of hydrogen-bond acceptors (Lipinski definition) is 6. The number of carbonyl (C=O) groups excluding carboxylic acids is 4. The first-order chi connectivity index (χ1) is 14.3. The first-order valence-corrected chi connectivity index (χ1v) is 10.5. The molecule has 0 spiro atoms. The molecule has 166 valence electrons. The SMILES string of the molecule is Cc1cc(C(=O)N[C@@H](CC2CCCCC2)C(=O)NN(CCC(N)=O)C(=O)CCl)no1. The van der Waals surface area contributed by atoms with Gasteiger partial charge in [0.25, 0.3) is 17.7 Å². The lowest BCUT2D eigenvalue weighted by Crippen LogP contribution is -2.55. The number of amides is 4. The quantitative estimate of drug-likeness (QED) is 0.385. The molecule has 1 aromatic rings. The summed E-state index contributed by atoms with van der Waals surface area (Å²) in [6.45, 7) is 1.55. The molecule has 0 aromatic carbocycles. The van der Waals surface area contributed by atoms with Crippen molar-refractivity contribution in [1.82, 2.24) is 20.9 Å². The molecule has 0 saturated heterocycles. The number of nitrogens with two attached hydrogens (primary N) is 1. The van der Waals surface area contributed by atoms with Gasteiger partial charge in [-0.05, 0) is 19.3 Å². The molecule has 1 aromatic heterocycles. The summed E-state index contributed by atoms with van der Waals surface area (Å²) in [6, 6.07) is 0.581. The molecule has 11 heteroatoms. The van der Waals surface area contributed by atoms with Crippen LogP contribution < -0.4 is 16.5 Å². The lowest BCUT2D eigenvalue weighted by Gasteiger charge is -2.29. The molecule has 30 heavy (non-hydrogen) atoms. The zero-order valence-corrected chi connectivity index (χ0v) is 17.7. The standard InChI is InChI=1S/C19H28ClN5O5/c1-12-9-15(24-30-12)18(28)22-14(10-13-5-3-2-4-6-13)19(29)23-25(17(27)11-20)8-7-16(21)26/h9,13-14H,2-8,10-11H2,1H3,(H2,21,26)(H,22,28)(H,23,29)/t14-/m0/s1. The molecule has 0 radical (unpaired) electrons. The number of rotatable bonds is 9. The predicted octanol–water partition coefficient (Wildman–Crippen LogP) is 1.03. The zero-order chi connectivity index (χ0) is 22.1. The van der Waals surface area contributed by atoms with Crippen molar-refractivity contribution < 1.29 is 23.7 Å². The average molecular weight is 442 g/mol. The maximum Gasteiger partial charge on any atom is 0.274 e. The number of aryl methyl sites for hydroxylation is 1. The monoisotopic (exact) mass is 441 g/mol. The fourth-order valence-corrected chi connectivity index (χ4v) is 3.59. The van der Waals surface area contributed by atoms with Gasteiger partial charge in [0.2, 0.25) is 5.91 Å². The average Bonchev–Trinajstić information content (AvgIpc) is 3.17. The number of carbonyl (C=O) groups is 4. The van der Waals surface area contributed by atoms with Crippen LogP contribution >= 0.6 is 11.6 Å². The summed E-state index contributed by atoms with van der Waals surface area (Å²) in [4.78, 5) is 48.6. The summed E-state index contributed by atoms with van der Waals surface area (Å²) in [5.74, 6) is -1.95. The Morgan fingerprint density at radius 1 is 1.30 bits per heavy atom. The highest BCUT2D eigenvalue weighted by molar-refractivity contribution is 6.27. The van der Waals surface area contributed by atoms with Crippen LogP contribution in [0.2, 0.25) is 0 Å². The number of primary amides is 1. The van der Waals surface area contributed by atoms with Crippen LogP contribution in [0.25, 0.3) is 0 Å². The molecule has 1 atom stereocenters. The van der Waals surface area contributed by atoms with E-state index in [9.17, 15) is 19.2 Å². The van der Waals surface area contributed by atoms with Gasteiger partial charge in [0, 0.05) is 12.5 Å². The van der Waals surface area contributed by atoms with E-state index in [1.807, 2.05) is 0 Å². The van der Waals surface area contributed by atoms with Gasteiger partial charge in [-0.25, -0.2) is 0 Å². The molecule has 10 nitrogen and oxygen atoms in total. The van der Waals surface area contributed by atoms with E-state index < -0.39 is 29.7 Å². The van der Waals surface area contributed by atoms with E-state index in [-0.39, 0.29) is 30.5 Å². The van der Waals surface area contributed by atoms with Gasteiger partial charge in [-0.3, -0.25) is 29.6 Å². The number of halogens is 1. The molecule has 0 unspecified atom stereocenters. The number of alkyl halides is 1. The van der Waals surface area contributed by atoms with Crippen LogP contribution in [0, 0.1) is 12.8 Å². The Balaban J connectivity index is 2.11. The first kappa shape index (κ1) is 23.7. The molecule has 1 aliphatic rings. The summed E-state index contributed by atoms with van der Waals surface area (Å²) in [5.41, 5.74) is 7.67. The first-order valence-electron chi connectivity index (χ1n) is 9.99. The zero-order valence-electron chi connectivity index (χ0n) is 17.0. The maximum absolute atomic E-state index is 12.9. The van der Waals surface area contributed by atoms with Crippen LogP contribution in [-0.2, 0) is 14.4 Å². The van der Waals surface area contributed by atoms with Gasteiger partial charge in [-0.2, -0.15) is 0 Å². The number of nitrogens with one attached hydrogen (secondary N) is 2. The minimum Gasteiger partial charge on any atom is -0.370 e. The van der Waals surface area contributed by atoms with E-state index in [0.717, 1.165) is 37.1 Å². The Bertz CT molecular complexity index is 762. The van der Waals surface area contributed by atoms with Crippen LogP contribution in [0.4, 0.5) is 0 Å². The third kappa shape index (κ3) is 7.33. The molecule has 2 rings (SSSR count). The van der Waals surface area contributed by atoms with Gasteiger partial charge in [0.1, 0.15) is 17.7 Å². The maximum atomic E-state index is 12.9. The van der Waals surface area contributed by atoms with Crippen molar-refractivity contribution in [2.45, 2.75) is 57.9 Å². The fraction of sp³-hybridized carbons (Fsp3) is 0.632. The number of hydrogen-bond donors (Lipinski definition) is 3. The van der Waals surface area contributed by atoms with Gasteiger partial charge in [-0.15, -0.1) is 11.6 Å². The van der Waals surface area contributed by atoms with Crippen LogP contribution in [-0.4, -0.2) is 52.3 Å². The normalized spacial score (nSPS) is 15.3. The Morgan fingerprint density at radius 2 is 2.00 bits per heavy atom. The van der Waals surface area contributed by atoms with Crippen molar-refractivity contribution in [3.05, 3.63) is 17.5 Å². The second-order valence-corrected chi connectivity index (χ2v) is 7.73. The van der Waals surface area contributed by atoms with Crippen LogP contribution in [0.15, 0.2) is 10.6 Å². The second-order valence-electron chi connectivity index (χ2n) is 7.46. The smallest absolute Gasteiger partial charge is 0.274 e. The minimum atomic E-state index is -0.892. The summed E-state index contributed by atoms with van der Waals surface area (Å²) < 4.78 is 4.92. The van der Waals surface area contributed by atoms with E-state index in [0.29, 0.717) is 12.2 Å². The number of nitrogens with zero attached hydrogens (tertiary/aromatic N) is 2. The van der Waals surface area contributed by atoms with Crippen molar-refractivity contribution in [3.8, 4) is 0 Å². The predicted molar refractivity (Wildman–Crippen MR) is 108 cm³/mol. The van der Waals surface area contributed by atoms with Crippen molar-refractivity contribution in [1.29, 1.82) is 0 Å². The van der Waals surface area contributed by atoms with E-state index in [1.165, 1.54) is 6.07 Å². The third-order valence-corrected chi connectivity index (χ3v) is 5.25. The highest BCUT2D eigenvalue weighted by atomic mass is 35.5. The summed E-state index contributed by atoms with van der Waals surface area (Å²) in [6.07, 6.45) is 5.52. The largest absolute Gasteiger partial charge is 0.370 e. The van der Waals surface area contributed by atoms with Gasteiger partial charge in [0.05, 0.1) is 6.54 Å². The van der Waals surface area contributed by atoms with Gasteiger partial charge in [0.15, 0.2) is 5.69 Å². The Kier molecular flexibility index (Phi) is 9.10. The van der Waals surface area contributed by atoms with Gasteiger partial charge >= 0.3 is 0 Å². The summed E-state index contributed by atoms with van der Waals surface area (Å²) in [7, 11) is 0. The molecular weight excluding hydrogens is 414 g/mol. The highest BCUT2D eigenvalue weighted by Gasteiger charge is 2.29. The van der Waals surface area contributed by atoms with Crippen LogP contribution in [0.1, 0.15) is 61.2 Å². The highest BCUT2D eigenvalue weighted by Crippen LogP contribution is 2.27. The molecule has 1 heterocycles. The van der Waals surface area contributed by atoms with Gasteiger partial charge < -0.3 is 15.6 Å². The third-order valence-electron chi connectivity index (χ3n) is 5.02. The fourth-order valence-electron chi connectivity index (χ4n) is 3.44. The lowest BCUT2D eigenvalue weighted by atomic mass is 9.84. The minimum absolute atomic E-state index is 0.0661. The topological polar surface area (TPSA) is 148 Å².